The van der Waals surface area contributed by atoms with Crippen LogP contribution in [0.5, 0.6) is 0 Å². The van der Waals surface area contributed by atoms with E-state index < -0.39 is 24.1 Å². The molecule has 1 heterocycles. The van der Waals surface area contributed by atoms with E-state index in [4.69, 9.17) is 5.11 Å². The molecule has 0 radical (unpaired) electrons. The van der Waals surface area contributed by atoms with Gasteiger partial charge in [0.15, 0.2) is 0 Å². The monoisotopic (exact) mass is 272 g/mol. The number of rotatable bonds is 5. The topological polar surface area (TPSA) is 89.9 Å². The van der Waals surface area contributed by atoms with Gasteiger partial charge in [-0.05, 0) is 19.3 Å². The third-order valence-corrected chi connectivity index (χ3v) is 3.65. The molecule has 0 aromatic rings. The van der Waals surface area contributed by atoms with Crippen LogP contribution in [-0.2, 0) is 4.79 Å². The second-order valence-electron chi connectivity index (χ2n) is 5.50. The zero-order valence-corrected chi connectivity index (χ0v) is 11.8. The van der Waals surface area contributed by atoms with E-state index in [-0.39, 0.29) is 19.0 Å². The minimum absolute atomic E-state index is 0.00497. The van der Waals surface area contributed by atoms with Crippen LogP contribution in [0.3, 0.4) is 0 Å². The Morgan fingerprint density at radius 1 is 1.42 bits per heavy atom. The van der Waals surface area contributed by atoms with Crippen LogP contribution in [0.15, 0.2) is 0 Å². The van der Waals surface area contributed by atoms with E-state index in [1.807, 2.05) is 6.92 Å². The Bertz CT molecular complexity index is 335. The lowest BCUT2D eigenvalue weighted by molar-refractivity contribution is -0.141. The van der Waals surface area contributed by atoms with Crippen molar-refractivity contribution in [1.29, 1.82) is 0 Å². The van der Waals surface area contributed by atoms with E-state index in [9.17, 15) is 14.7 Å². The Kier molecular flexibility index (Phi) is 5.60. The van der Waals surface area contributed by atoms with Gasteiger partial charge in [0.1, 0.15) is 6.04 Å². The summed E-state index contributed by atoms with van der Waals surface area (Å²) in [5.41, 5.74) is 0. The number of carboxylic acid groups (broad SMARTS) is 1. The number of aliphatic hydroxyl groups excluding tert-OH is 1. The number of nitrogens with zero attached hydrogens (tertiary/aromatic N) is 1. The molecule has 19 heavy (non-hydrogen) atoms. The fourth-order valence-corrected chi connectivity index (χ4v) is 2.40. The Morgan fingerprint density at radius 2 is 2.05 bits per heavy atom. The molecule has 0 aliphatic carbocycles. The van der Waals surface area contributed by atoms with Crippen molar-refractivity contribution in [2.24, 2.45) is 5.92 Å². The maximum atomic E-state index is 12.0. The van der Waals surface area contributed by atoms with Gasteiger partial charge in [-0.3, -0.25) is 0 Å². The van der Waals surface area contributed by atoms with Gasteiger partial charge in [-0.2, -0.15) is 0 Å². The number of aliphatic hydroxyl groups is 1. The minimum Gasteiger partial charge on any atom is -0.480 e. The van der Waals surface area contributed by atoms with Crippen LogP contribution in [-0.4, -0.2) is 51.8 Å². The molecule has 1 rings (SSSR count). The maximum Gasteiger partial charge on any atom is 0.326 e. The molecule has 1 fully saturated rings. The number of hydrogen-bond donors (Lipinski definition) is 3. The number of carboxylic acids is 1. The third kappa shape index (κ3) is 4.38. The normalized spacial score (nSPS) is 26.0. The van der Waals surface area contributed by atoms with Gasteiger partial charge in [0, 0.05) is 19.0 Å². The Labute approximate surface area is 113 Å². The molecule has 6 heteroatoms. The number of β-amino-alcohol motifs (C(OH)–C–C–N with tert-alkyl or cyclic N) is 1. The van der Waals surface area contributed by atoms with Gasteiger partial charge in [0.2, 0.25) is 0 Å². The van der Waals surface area contributed by atoms with E-state index >= 15 is 0 Å². The maximum absolute atomic E-state index is 12.0. The van der Waals surface area contributed by atoms with Gasteiger partial charge in [0.05, 0.1) is 6.10 Å². The first-order valence-electron chi connectivity index (χ1n) is 6.83. The Hall–Kier alpha value is -1.30. The number of carbonyl (C=O) groups excluding carboxylic acids is 1. The van der Waals surface area contributed by atoms with Crippen LogP contribution >= 0.6 is 0 Å². The van der Waals surface area contributed by atoms with Crippen LogP contribution in [0.2, 0.25) is 0 Å². The lowest BCUT2D eigenvalue weighted by Gasteiger charge is -2.25. The van der Waals surface area contributed by atoms with Crippen molar-refractivity contribution >= 4 is 12.0 Å². The number of hydrogen-bond acceptors (Lipinski definition) is 3. The van der Waals surface area contributed by atoms with Crippen LogP contribution in [0, 0.1) is 5.92 Å². The quantitative estimate of drug-likeness (QED) is 0.697. The van der Waals surface area contributed by atoms with Crippen LogP contribution < -0.4 is 5.32 Å². The Morgan fingerprint density at radius 3 is 2.58 bits per heavy atom. The summed E-state index contributed by atoms with van der Waals surface area (Å²) < 4.78 is 0. The average molecular weight is 272 g/mol. The summed E-state index contributed by atoms with van der Waals surface area (Å²) in [7, 11) is 0. The molecule has 0 bridgehead atoms. The van der Waals surface area contributed by atoms with Gasteiger partial charge in [-0.15, -0.1) is 0 Å². The highest BCUT2D eigenvalue weighted by Crippen LogP contribution is 2.18. The molecule has 4 atom stereocenters. The highest BCUT2D eigenvalue weighted by molar-refractivity contribution is 5.83. The Balaban J connectivity index is 2.54. The van der Waals surface area contributed by atoms with Gasteiger partial charge >= 0.3 is 12.0 Å². The first-order valence-corrected chi connectivity index (χ1v) is 6.83. The molecule has 110 valence electrons. The fraction of sp³-hybridized carbons (Fsp3) is 0.846. The van der Waals surface area contributed by atoms with Crippen molar-refractivity contribution < 1.29 is 19.8 Å². The highest BCUT2D eigenvalue weighted by atomic mass is 16.4. The molecule has 0 aromatic carbocycles. The zero-order valence-electron chi connectivity index (χ0n) is 11.8. The predicted octanol–water partition coefficient (Wildman–Crippen LogP) is 1.04. The number of urea groups is 1. The van der Waals surface area contributed by atoms with Crippen LogP contribution in [0.4, 0.5) is 4.79 Å². The number of amides is 2. The van der Waals surface area contributed by atoms with Crippen molar-refractivity contribution in [3.8, 4) is 0 Å². The van der Waals surface area contributed by atoms with Gasteiger partial charge < -0.3 is 20.4 Å². The molecule has 0 aromatic heterocycles. The first kappa shape index (κ1) is 15.8. The summed E-state index contributed by atoms with van der Waals surface area (Å²) in [6.45, 7) is 6.20. The highest BCUT2D eigenvalue weighted by Gasteiger charge is 2.39. The molecular weight excluding hydrogens is 248 g/mol. The molecule has 2 unspecified atom stereocenters. The molecule has 1 saturated heterocycles. The fourth-order valence-electron chi connectivity index (χ4n) is 2.40. The van der Waals surface area contributed by atoms with Gasteiger partial charge in [-0.1, -0.05) is 20.3 Å². The summed E-state index contributed by atoms with van der Waals surface area (Å²) in [5.74, 6) is -0.559. The summed E-state index contributed by atoms with van der Waals surface area (Å²) in [4.78, 5) is 24.3. The van der Waals surface area contributed by atoms with Crippen LogP contribution in [0.1, 0.15) is 40.0 Å². The number of likely N-dealkylation sites (tertiary alicyclic amines) is 1. The molecular formula is C13H24N2O4. The summed E-state index contributed by atoms with van der Waals surface area (Å²) >= 11 is 0. The van der Waals surface area contributed by atoms with Gasteiger partial charge in [0.25, 0.3) is 0 Å². The van der Waals surface area contributed by atoms with E-state index in [1.54, 1.807) is 0 Å². The number of aliphatic carboxylic acids is 1. The standard InChI is InChI=1S/C13H24N2O4/c1-4-8(2)5-9(3)14-13(19)15-7-10(16)6-11(15)12(17)18/h8-11,16H,4-7H2,1-3H3,(H,14,19)(H,17,18)/t8?,9?,10-,11-/m1/s1. The molecule has 0 spiro atoms. The lowest BCUT2D eigenvalue weighted by atomic mass is 10.0. The molecule has 1 aliphatic heterocycles. The van der Waals surface area contributed by atoms with E-state index in [0.717, 1.165) is 12.8 Å². The SMILES string of the molecule is CCC(C)CC(C)NC(=O)N1C[C@H](O)C[C@@H]1C(=O)O. The van der Waals surface area contributed by atoms with Gasteiger partial charge in [-0.25, -0.2) is 9.59 Å². The summed E-state index contributed by atoms with van der Waals surface area (Å²) in [6.07, 6.45) is 1.25. The van der Waals surface area contributed by atoms with Crippen LogP contribution in [0.25, 0.3) is 0 Å². The van der Waals surface area contributed by atoms with Crippen molar-refractivity contribution in [1.82, 2.24) is 10.2 Å². The van der Waals surface area contributed by atoms with Crippen molar-refractivity contribution in [2.75, 3.05) is 6.54 Å². The van der Waals surface area contributed by atoms with E-state index in [0.29, 0.717) is 5.92 Å². The molecule has 1 aliphatic rings. The third-order valence-electron chi connectivity index (χ3n) is 3.65. The number of nitrogens with one attached hydrogen (secondary N) is 1. The van der Waals surface area contributed by atoms with Crippen molar-refractivity contribution in [2.45, 2.75) is 58.2 Å². The molecule has 0 saturated carbocycles. The van der Waals surface area contributed by atoms with E-state index in [2.05, 4.69) is 19.2 Å². The molecule has 3 N–H and O–H groups in total. The number of carbonyl (C=O) groups is 2. The summed E-state index contributed by atoms with van der Waals surface area (Å²) in [5, 5.41) is 21.3. The lowest BCUT2D eigenvalue weighted by Crippen LogP contribution is -2.48. The predicted molar refractivity (Wildman–Crippen MR) is 70.8 cm³/mol. The summed E-state index contributed by atoms with van der Waals surface area (Å²) in [6, 6.07) is -1.33. The van der Waals surface area contributed by atoms with Crippen molar-refractivity contribution in [3.63, 3.8) is 0 Å². The van der Waals surface area contributed by atoms with Crippen molar-refractivity contribution in [3.05, 3.63) is 0 Å². The smallest absolute Gasteiger partial charge is 0.326 e. The minimum atomic E-state index is -1.07. The second kappa shape index (κ2) is 6.75. The zero-order chi connectivity index (χ0) is 14.6. The molecule has 2 amide bonds. The average Bonchev–Trinajstić information content (AvgIpc) is 2.71. The molecule has 6 nitrogen and oxygen atoms in total. The van der Waals surface area contributed by atoms with E-state index in [1.165, 1.54) is 4.90 Å². The second-order valence-corrected chi connectivity index (χ2v) is 5.50. The largest absolute Gasteiger partial charge is 0.480 e. The first-order chi connectivity index (χ1) is 8.85.